The predicted molar refractivity (Wildman–Crippen MR) is 93.5 cm³/mol. The molecule has 1 aliphatic carbocycles. The minimum atomic E-state index is -0.0611. The molecule has 1 atom stereocenters. The second-order valence-electron chi connectivity index (χ2n) is 6.91. The van der Waals surface area contributed by atoms with Crippen molar-refractivity contribution >= 4 is 16.8 Å². The predicted octanol–water partition coefficient (Wildman–Crippen LogP) is 2.80. The molecule has 5 aliphatic rings. The van der Waals surface area contributed by atoms with E-state index in [1.54, 1.807) is 6.07 Å². The molecular weight excluding hydrogens is 302 g/mol. The quantitative estimate of drug-likeness (QED) is 0.736. The summed E-state index contributed by atoms with van der Waals surface area (Å²) in [7, 11) is 0. The summed E-state index contributed by atoms with van der Waals surface area (Å²) < 4.78 is 5.91. The first kappa shape index (κ1) is 14.0. The molecule has 4 heterocycles. The van der Waals surface area contributed by atoms with Crippen LogP contribution in [0.4, 0.5) is 5.69 Å². The first-order chi connectivity index (χ1) is 11.7. The van der Waals surface area contributed by atoms with Crippen molar-refractivity contribution in [2.24, 2.45) is 5.92 Å². The summed E-state index contributed by atoms with van der Waals surface area (Å²) >= 11 is 0. The molecular formula is C19H19N3O2. The first-order valence-electron chi connectivity index (χ1n) is 8.58. The molecule has 1 aromatic carbocycles. The lowest BCUT2D eigenvalue weighted by Gasteiger charge is -2.45. The minimum absolute atomic E-state index is 0.0611. The van der Waals surface area contributed by atoms with Gasteiger partial charge in [0, 0.05) is 30.4 Å². The molecule has 3 saturated heterocycles. The van der Waals surface area contributed by atoms with Crippen LogP contribution < -0.4 is 10.7 Å². The summed E-state index contributed by atoms with van der Waals surface area (Å²) in [6.45, 7) is 3.60. The van der Waals surface area contributed by atoms with Gasteiger partial charge in [-0.2, -0.15) is 0 Å². The number of fused-ring (bicyclic) bond motifs is 5. The molecule has 24 heavy (non-hydrogen) atoms. The SMILES string of the molecule is O=c1ccc2nc3ccc(NC4CN5CCC4CC5)cc3oc-2c1. The van der Waals surface area contributed by atoms with Gasteiger partial charge in [-0.3, -0.25) is 4.79 Å². The maximum Gasteiger partial charge on any atom is 0.182 e. The molecule has 0 spiro atoms. The van der Waals surface area contributed by atoms with Crippen molar-refractivity contribution in [1.29, 1.82) is 0 Å². The topological polar surface area (TPSA) is 58.4 Å². The Bertz CT molecular complexity index is 927. The Hall–Kier alpha value is -2.40. The summed E-state index contributed by atoms with van der Waals surface area (Å²) in [5.41, 5.74) is 3.22. The van der Waals surface area contributed by atoms with Crippen molar-refractivity contribution in [2.75, 3.05) is 25.0 Å². The Kier molecular flexibility index (Phi) is 3.10. The number of rotatable bonds is 2. The molecule has 1 unspecified atom stereocenters. The zero-order valence-electron chi connectivity index (χ0n) is 13.4. The van der Waals surface area contributed by atoms with Crippen LogP contribution in [-0.4, -0.2) is 35.6 Å². The Labute approximate surface area is 139 Å². The Morgan fingerprint density at radius 3 is 2.79 bits per heavy atom. The molecule has 0 aromatic heterocycles. The van der Waals surface area contributed by atoms with Gasteiger partial charge in [-0.15, -0.1) is 0 Å². The van der Waals surface area contributed by atoms with E-state index in [1.165, 1.54) is 38.1 Å². The molecule has 4 aliphatic heterocycles. The van der Waals surface area contributed by atoms with E-state index >= 15 is 0 Å². The van der Waals surface area contributed by atoms with Crippen LogP contribution in [0.1, 0.15) is 12.8 Å². The molecule has 1 N–H and O–H groups in total. The average molecular weight is 321 g/mol. The summed E-state index contributed by atoms with van der Waals surface area (Å²) in [6, 6.07) is 11.3. The molecule has 122 valence electrons. The minimum Gasteiger partial charge on any atom is -0.453 e. The third-order valence-corrected chi connectivity index (χ3v) is 5.36. The summed E-state index contributed by atoms with van der Waals surface area (Å²) in [6.07, 6.45) is 2.57. The van der Waals surface area contributed by atoms with E-state index in [9.17, 15) is 4.79 Å². The fourth-order valence-corrected chi connectivity index (χ4v) is 4.04. The van der Waals surface area contributed by atoms with Gasteiger partial charge < -0.3 is 14.6 Å². The van der Waals surface area contributed by atoms with Gasteiger partial charge in [-0.1, -0.05) is 0 Å². The van der Waals surface area contributed by atoms with Gasteiger partial charge in [0.1, 0.15) is 11.2 Å². The number of hydrogen-bond acceptors (Lipinski definition) is 5. The molecule has 0 amide bonds. The normalized spacial score (nSPS) is 26.1. The van der Waals surface area contributed by atoms with Gasteiger partial charge in [-0.05, 0) is 56.1 Å². The number of piperidine rings is 3. The molecule has 5 heteroatoms. The number of nitrogens with zero attached hydrogens (tertiary/aromatic N) is 2. The molecule has 5 nitrogen and oxygen atoms in total. The molecule has 1 aromatic rings. The van der Waals surface area contributed by atoms with Gasteiger partial charge in [0.2, 0.25) is 0 Å². The van der Waals surface area contributed by atoms with Crippen LogP contribution in [0.2, 0.25) is 0 Å². The second-order valence-corrected chi connectivity index (χ2v) is 6.91. The van der Waals surface area contributed by atoms with E-state index < -0.39 is 0 Å². The largest absolute Gasteiger partial charge is 0.453 e. The Morgan fingerprint density at radius 2 is 2.00 bits per heavy atom. The highest BCUT2D eigenvalue weighted by Crippen LogP contribution is 2.31. The number of hydrogen-bond donors (Lipinski definition) is 1. The van der Waals surface area contributed by atoms with E-state index in [-0.39, 0.29) is 5.43 Å². The zero-order chi connectivity index (χ0) is 16.1. The molecule has 3 fully saturated rings. The van der Waals surface area contributed by atoms with Crippen molar-refractivity contribution in [3.05, 3.63) is 46.6 Å². The van der Waals surface area contributed by atoms with Crippen molar-refractivity contribution in [1.82, 2.24) is 9.88 Å². The van der Waals surface area contributed by atoms with E-state index in [0.717, 1.165) is 23.7 Å². The van der Waals surface area contributed by atoms with Gasteiger partial charge in [-0.25, -0.2) is 4.98 Å². The maximum atomic E-state index is 11.5. The van der Waals surface area contributed by atoms with E-state index in [0.29, 0.717) is 23.1 Å². The molecule has 0 radical (unpaired) electrons. The Morgan fingerprint density at radius 1 is 1.12 bits per heavy atom. The Balaban J connectivity index is 1.50. The number of anilines is 1. The van der Waals surface area contributed by atoms with E-state index in [4.69, 9.17) is 4.42 Å². The molecule has 0 saturated carbocycles. The second kappa shape index (κ2) is 5.31. The van der Waals surface area contributed by atoms with Gasteiger partial charge >= 0.3 is 0 Å². The third kappa shape index (κ3) is 2.36. The van der Waals surface area contributed by atoms with E-state index in [1.807, 2.05) is 12.1 Å². The number of benzene rings is 2. The standard InChI is InChI=1S/C19H19N3O2/c23-14-2-4-16-19(10-14)24-18-9-13(1-3-15(18)21-16)20-17-11-22-7-5-12(17)6-8-22/h1-4,9-10,12,17,20H,5-8,11H2. The summed E-state index contributed by atoms with van der Waals surface area (Å²) in [4.78, 5) is 18.6. The number of nitrogens with one attached hydrogen (secondary N) is 1. The summed E-state index contributed by atoms with van der Waals surface area (Å²) in [5.74, 6) is 1.30. The van der Waals surface area contributed by atoms with Crippen LogP contribution in [0.15, 0.2) is 45.6 Å². The highest BCUT2D eigenvalue weighted by Gasteiger charge is 2.33. The van der Waals surface area contributed by atoms with E-state index in [2.05, 4.69) is 21.3 Å². The van der Waals surface area contributed by atoms with Crippen molar-refractivity contribution in [2.45, 2.75) is 18.9 Å². The third-order valence-electron chi connectivity index (χ3n) is 5.36. The lowest BCUT2D eigenvalue weighted by atomic mass is 9.84. The van der Waals surface area contributed by atoms with Crippen LogP contribution in [-0.2, 0) is 0 Å². The van der Waals surface area contributed by atoms with Crippen LogP contribution >= 0.6 is 0 Å². The lowest BCUT2D eigenvalue weighted by Crippen LogP contribution is -2.53. The van der Waals surface area contributed by atoms with Crippen LogP contribution in [0, 0.1) is 5.92 Å². The van der Waals surface area contributed by atoms with Crippen LogP contribution in [0.25, 0.3) is 22.6 Å². The van der Waals surface area contributed by atoms with Gasteiger partial charge in [0.05, 0.1) is 0 Å². The first-order valence-corrected chi connectivity index (χ1v) is 8.58. The van der Waals surface area contributed by atoms with Crippen molar-refractivity contribution in [3.63, 3.8) is 0 Å². The van der Waals surface area contributed by atoms with Crippen molar-refractivity contribution in [3.8, 4) is 11.5 Å². The monoisotopic (exact) mass is 321 g/mol. The molecule has 6 rings (SSSR count). The highest BCUT2D eigenvalue weighted by atomic mass is 16.3. The van der Waals surface area contributed by atoms with Gasteiger partial charge in [0.25, 0.3) is 0 Å². The van der Waals surface area contributed by atoms with Crippen molar-refractivity contribution < 1.29 is 4.42 Å². The van der Waals surface area contributed by atoms with Crippen LogP contribution in [0.5, 0.6) is 0 Å². The molecule has 2 bridgehead atoms. The highest BCUT2D eigenvalue weighted by molar-refractivity contribution is 5.79. The zero-order valence-corrected chi connectivity index (χ0v) is 13.4. The fraction of sp³-hybridized carbons (Fsp3) is 0.368. The van der Waals surface area contributed by atoms with Crippen LogP contribution in [0.3, 0.4) is 0 Å². The lowest BCUT2D eigenvalue weighted by molar-refractivity contribution is 0.0975. The summed E-state index contributed by atoms with van der Waals surface area (Å²) in [5, 5.41) is 3.67. The maximum absolute atomic E-state index is 11.5. The van der Waals surface area contributed by atoms with Gasteiger partial charge in [0.15, 0.2) is 16.8 Å². The fourth-order valence-electron chi connectivity index (χ4n) is 4.04. The average Bonchev–Trinajstić information content (AvgIpc) is 2.61. The smallest absolute Gasteiger partial charge is 0.182 e. The number of aromatic nitrogens is 1.